The molecule has 6 heteroatoms. The zero-order valence-electron chi connectivity index (χ0n) is 14.7. The van der Waals surface area contributed by atoms with Crippen LogP contribution in [0.1, 0.15) is 24.1 Å². The van der Waals surface area contributed by atoms with E-state index in [4.69, 9.17) is 4.74 Å². The highest BCUT2D eigenvalue weighted by Crippen LogP contribution is 2.33. The minimum atomic E-state index is -0.329. The lowest BCUT2D eigenvalue weighted by molar-refractivity contribution is -0.140. The lowest BCUT2D eigenvalue weighted by Gasteiger charge is -2.42. The van der Waals surface area contributed by atoms with E-state index in [1.165, 1.54) is 17.0 Å². The molecule has 26 heavy (non-hydrogen) atoms. The van der Waals surface area contributed by atoms with E-state index in [0.717, 1.165) is 38.9 Å². The molecule has 0 bridgehead atoms. The highest BCUT2D eigenvalue weighted by molar-refractivity contribution is 7.09. The summed E-state index contributed by atoms with van der Waals surface area (Å²) in [6.07, 6.45) is 2.85. The van der Waals surface area contributed by atoms with Crippen LogP contribution in [0.5, 0.6) is 0 Å². The van der Waals surface area contributed by atoms with Crippen molar-refractivity contribution in [3.63, 3.8) is 0 Å². The van der Waals surface area contributed by atoms with E-state index in [-0.39, 0.29) is 23.9 Å². The van der Waals surface area contributed by atoms with Crippen molar-refractivity contribution in [3.05, 3.63) is 52.5 Å². The lowest BCUT2D eigenvalue weighted by Crippen LogP contribution is -2.55. The quantitative estimate of drug-likeness (QED) is 0.822. The van der Waals surface area contributed by atoms with Gasteiger partial charge in [-0.25, -0.2) is 4.39 Å². The van der Waals surface area contributed by atoms with E-state index in [1.807, 2.05) is 0 Å². The maximum Gasteiger partial charge on any atom is 0.253 e. The molecule has 0 N–H and O–H groups in total. The van der Waals surface area contributed by atoms with Gasteiger partial charge in [-0.05, 0) is 55.5 Å². The highest BCUT2D eigenvalue weighted by Gasteiger charge is 2.41. The van der Waals surface area contributed by atoms with Crippen LogP contribution in [0.4, 0.5) is 10.1 Å². The lowest BCUT2D eigenvalue weighted by atomic mass is 9.92. The average molecular weight is 374 g/mol. The second kappa shape index (κ2) is 7.47. The predicted molar refractivity (Wildman–Crippen MR) is 101 cm³/mol. The molecule has 1 aromatic heterocycles. The summed E-state index contributed by atoms with van der Waals surface area (Å²) in [7, 11) is 0. The molecule has 1 atom stereocenters. The van der Waals surface area contributed by atoms with Crippen molar-refractivity contribution in [1.29, 1.82) is 0 Å². The van der Waals surface area contributed by atoms with Crippen LogP contribution in [0.3, 0.4) is 0 Å². The molecular weight excluding hydrogens is 351 g/mol. The Hall–Kier alpha value is -1.76. The zero-order valence-corrected chi connectivity index (χ0v) is 15.5. The van der Waals surface area contributed by atoms with Gasteiger partial charge < -0.3 is 9.64 Å². The van der Waals surface area contributed by atoms with Crippen LogP contribution in [0, 0.1) is 5.82 Å². The molecule has 1 amide bonds. The summed E-state index contributed by atoms with van der Waals surface area (Å²) in [4.78, 5) is 17.9. The van der Waals surface area contributed by atoms with Gasteiger partial charge in [0, 0.05) is 23.7 Å². The highest BCUT2D eigenvalue weighted by atomic mass is 32.1. The van der Waals surface area contributed by atoms with Crippen molar-refractivity contribution >= 4 is 22.9 Å². The van der Waals surface area contributed by atoms with Crippen LogP contribution in [-0.2, 0) is 16.1 Å². The summed E-state index contributed by atoms with van der Waals surface area (Å²) < 4.78 is 19.7. The van der Waals surface area contributed by atoms with E-state index in [1.54, 1.807) is 28.4 Å². The molecule has 2 saturated heterocycles. The van der Waals surface area contributed by atoms with Crippen molar-refractivity contribution in [3.8, 4) is 0 Å². The smallest absolute Gasteiger partial charge is 0.253 e. The first-order valence-electron chi connectivity index (χ1n) is 9.08. The molecule has 3 heterocycles. The minimum Gasteiger partial charge on any atom is -0.363 e. The molecule has 4 rings (SSSR count). The standard InChI is InChI=1S/C20H23FN2O2S/c21-16-4-1-5-17(12-16)23-15-20(25-14-19(23)24)7-3-9-22(10-8-20)13-18-6-2-11-26-18/h1-2,4-6,11-12H,3,7-10,13-15H2. The van der Waals surface area contributed by atoms with Gasteiger partial charge in [0.1, 0.15) is 12.4 Å². The first kappa shape index (κ1) is 17.6. The number of amides is 1. The van der Waals surface area contributed by atoms with E-state index >= 15 is 0 Å². The molecule has 1 unspecified atom stereocenters. The SMILES string of the molecule is O=C1COC2(CCCN(Cc3cccs3)CC2)CN1c1cccc(F)c1. The molecule has 2 aromatic rings. The number of benzene rings is 1. The Balaban J connectivity index is 1.46. The number of ether oxygens (including phenoxy) is 1. The number of hydrogen-bond acceptors (Lipinski definition) is 4. The fourth-order valence-electron chi connectivity index (χ4n) is 3.90. The Kier molecular flexibility index (Phi) is 5.07. The fraction of sp³-hybridized carbons (Fsp3) is 0.450. The van der Waals surface area contributed by atoms with Crippen molar-refractivity contribution in [1.82, 2.24) is 4.90 Å². The summed E-state index contributed by atoms with van der Waals surface area (Å²) >= 11 is 1.79. The third-order valence-electron chi connectivity index (χ3n) is 5.32. The van der Waals surface area contributed by atoms with Crippen molar-refractivity contribution < 1.29 is 13.9 Å². The second-order valence-electron chi connectivity index (χ2n) is 7.14. The van der Waals surface area contributed by atoms with Gasteiger partial charge in [0.15, 0.2) is 0 Å². The summed E-state index contributed by atoms with van der Waals surface area (Å²) in [5.41, 5.74) is 0.294. The van der Waals surface area contributed by atoms with Crippen LogP contribution in [0.2, 0.25) is 0 Å². The normalized spacial score (nSPS) is 24.8. The van der Waals surface area contributed by atoms with Crippen LogP contribution in [-0.4, -0.2) is 42.6 Å². The van der Waals surface area contributed by atoms with Crippen molar-refractivity contribution in [2.45, 2.75) is 31.4 Å². The number of rotatable bonds is 3. The summed E-state index contributed by atoms with van der Waals surface area (Å²) in [5, 5.41) is 2.11. The average Bonchev–Trinajstić information content (AvgIpc) is 3.07. The molecule has 0 saturated carbocycles. The molecule has 0 radical (unpaired) electrons. The Bertz CT molecular complexity index is 767. The van der Waals surface area contributed by atoms with Crippen LogP contribution in [0.15, 0.2) is 41.8 Å². The van der Waals surface area contributed by atoms with Gasteiger partial charge in [-0.15, -0.1) is 11.3 Å². The molecule has 2 aliphatic rings. The number of carbonyl (C=O) groups excluding carboxylic acids is 1. The maximum atomic E-state index is 13.6. The molecule has 138 valence electrons. The zero-order chi connectivity index (χ0) is 18.0. The van der Waals surface area contributed by atoms with Gasteiger partial charge in [-0.3, -0.25) is 9.69 Å². The third-order valence-corrected chi connectivity index (χ3v) is 6.18. The van der Waals surface area contributed by atoms with E-state index < -0.39 is 0 Å². The monoisotopic (exact) mass is 374 g/mol. The van der Waals surface area contributed by atoms with Crippen molar-refractivity contribution in [2.75, 3.05) is 31.1 Å². The van der Waals surface area contributed by atoms with Gasteiger partial charge in [0.25, 0.3) is 5.91 Å². The number of anilines is 1. The minimum absolute atomic E-state index is 0.0709. The fourth-order valence-corrected chi connectivity index (χ4v) is 4.65. The number of carbonyl (C=O) groups is 1. The number of likely N-dealkylation sites (tertiary alicyclic amines) is 1. The van der Waals surface area contributed by atoms with Crippen LogP contribution in [0.25, 0.3) is 0 Å². The first-order chi connectivity index (χ1) is 12.6. The topological polar surface area (TPSA) is 32.8 Å². The number of halogens is 1. The third kappa shape index (κ3) is 3.82. The van der Waals surface area contributed by atoms with E-state index in [0.29, 0.717) is 12.2 Å². The molecule has 1 spiro atoms. The Morgan fingerprint density at radius 3 is 2.92 bits per heavy atom. The van der Waals surface area contributed by atoms with Crippen LogP contribution >= 0.6 is 11.3 Å². The van der Waals surface area contributed by atoms with Gasteiger partial charge in [0.2, 0.25) is 0 Å². The molecule has 0 aliphatic carbocycles. The van der Waals surface area contributed by atoms with E-state index in [2.05, 4.69) is 22.4 Å². The predicted octanol–water partition coefficient (Wildman–Crippen LogP) is 3.68. The maximum absolute atomic E-state index is 13.6. The molecule has 2 aliphatic heterocycles. The van der Waals surface area contributed by atoms with Gasteiger partial charge in [-0.2, -0.15) is 0 Å². The summed E-state index contributed by atoms with van der Waals surface area (Å²) in [5.74, 6) is -0.417. The van der Waals surface area contributed by atoms with Gasteiger partial charge >= 0.3 is 0 Å². The van der Waals surface area contributed by atoms with Crippen LogP contribution < -0.4 is 4.90 Å². The van der Waals surface area contributed by atoms with Gasteiger partial charge in [-0.1, -0.05) is 12.1 Å². The summed E-state index contributed by atoms with van der Waals surface area (Å²) in [6.45, 7) is 3.53. The number of morpholine rings is 1. The Labute approximate surface area is 157 Å². The summed E-state index contributed by atoms with van der Waals surface area (Å²) in [6, 6.07) is 10.5. The van der Waals surface area contributed by atoms with E-state index in [9.17, 15) is 9.18 Å². The molecule has 4 nitrogen and oxygen atoms in total. The number of nitrogens with zero attached hydrogens (tertiary/aromatic N) is 2. The molecule has 1 aromatic carbocycles. The molecule has 2 fully saturated rings. The van der Waals surface area contributed by atoms with Crippen molar-refractivity contribution in [2.24, 2.45) is 0 Å². The first-order valence-corrected chi connectivity index (χ1v) is 9.96. The Morgan fingerprint density at radius 2 is 2.12 bits per heavy atom. The second-order valence-corrected chi connectivity index (χ2v) is 8.17. The van der Waals surface area contributed by atoms with Gasteiger partial charge in [0.05, 0.1) is 12.1 Å². The number of thiophene rings is 1. The Morgan fingerprint density at radius 1 is 1.19 bits per heavy atom. The largest absolute Gasteiger partial charge is 0.363 e. The molecular formula is C20H23FN2O2S. The number of hydrogen-bond donors (Lipinski definition) is 0.